The Morgan fingerprint density at radius 3 is 1.63 bits per heavy atom. The zero-order valence-electron chi connectivity index (χ0n) is 11.4. The van der Waals surface area contributed by atoms with Crippen molar-refractivity contribution in [3.8, 4) is 0 Å². The zero-order chi connectivity index (χ0) is 13.9. The SMILES string of the molecule is C=Cc1ccccc1C=C.CC=Cc1ccccc1. The number of benzene rings is 2. The second-order valence-electron chi connectivity index (χ2n) is 3.95. The summed E-state index contributed by atoms with van der Waals surface area (Å²) in [4.78, 5) is 0. The van der Waals surface area contributed by atoms with Crippen LogP contribution >= 0.6 is 0 Å². The van der Waals surface area contributed by atoms with E-state index in [9.17, 15) is 0 Å². The first-order valence-corrected chi connectivity index (χ1v) is 6.33. The van der Waals surface area contributed by atoms with Crippen molar-refractivity contribution in [2.24, 2.45) is 0 Å². The van der Waals surface area contributed by atoms with Gasteiger partial charge in [-0.2, -0.15) is 0 Å². The van der Waals surface area contributed by atoms with Gasteiger partial charge in [0.2, 0.25) is 0 Å². The fourth-order valence-electron chi connectivity index (χ4n) is 1.64. The van der Waals surface area contributed by atoms with Gasteiger partial charge in [0.15, 0.2) is 0 Å². The summed E-state index contributed by atoms with van der Waals surface area (Å²) in [6.45, 7) is 9.40. The molecule has 0 aliphatic heterocycles. The molecule has 0 spiro atoms. The van der Waals surface area contributed by atoms with Crippen LogP contribution in [0.1, 0.15) is 23.6 Å². The molecule has 0 aliphatic rings. The smallest absolute Gasteiger partial charge is 0.0190 e. The van der Waals surface area contributed by atoms with Gasteiger partial charge >= 0.3 is 0 Å². The third-order valence-corrected chi connectivity index (χ3v) is 2.59. The molecular weight excluding hydrogens is 228 g/mol. The number of hydrogen-bond donors (Lipinski definition) is 0. The van der Waals surface area contributed by atoms with E-state index in [1.54, 1.807) is 0 Å². The maximum atomic E-state index is 3.69. The molecule has 0 heteroatoms. The van der Waals surface area contributed by atoms with Crippen LogP contribution in [0, 0.1) is 0 Å². The van der Waals surface area contributed by atoms with Crippen LogP contribution in [-0.4, -0.2) is 0 Å². The summed E-state index contributed by atoms with van der Waals surface area (Å²) in [7, 11) is 0. The van der Waals surface area contributed by atoms with Crippen LogP contribution in [0.4, 0.5) is 0 Å². The molecule has 0 saturated heterocycles. The second kappa shape index (κ2) is 8.71. The first kappa shape index (κ1) is 14.7. The van der Waals surface area contributed by atoms with E-state index in [1.165, 1.54) is 5.56 Å². The lowest BCUT2D eigenvalue weighted by Gasteiger charge is -1.96. The molecule has 0 heterocycles. The predicted octanol–water partition coefficient (Wildman–Crippen LogP) is 5.69. The number of allylic oxidation sites excluding steroid dienone is 1. The Labute approximate surface area is 116 Å². The van der Waals surface area contributed by atoms with Crippen LogP contribution in [-0.2, 0) is 0 Å². The molecule has 2 aromatic rings. The minimum atomic E-state index is 1.14. The van der Waals surface area contributed by atoms with Gasteiger partial charge in [-0.15, -0.1) is 0 Å². The van der Waals surface area contributed by atoms with Gasteiger partial charge in [0.05, 0.1) is 0 Å². The molecule has 0 bridgehead atoms. The summed E-state index contributed by atoms with van der Waals surface area (Å²) in [5.74, 6) is 0. The van der Waals surface area contributed by atoms with E-state index in [0.29, 0.717) is 0 Å². The molecule has 0 aliphatic carbocycles. The minimum Gasteiger partial charge on any atom is -0.0984 e. The van der Waals surface area contributed by atoms with Crippen molar-refractivity contribution in [3.05, 3.63) is 90.5 Å². The highest BCUT2D eigenvalue weighted by atomic mass is 13.9. The Morgan fingerprint density at radius 2 is 1.21 bits per heavy atom. The number of hydrogen-bond acceptors (Lipinski definition) is 0. The molecule has 2 aromatic carbocycles. The fraction of sp³-hybridized carbons (Fsp3) is 0.0526. The Kier molecular flexibility index (Phi) is 6.75. The molecule has 19 heavy (non-hydrogen) atoms. The van der Waals surface area contributed by atoms with Crippen molar-refractivity contribution in [1.82, 2.24) is 0 Å². The monoisotopic (exact) mass is 248 g/mol. The lowest BCUT2D eigenvalue weighted by atomic mass is 10.1. The summed E-state index contributed by atoms with van der Waals surface area (Å²) >= 11 is 0. The van der Waals surface area contributed by atoms with Crippen LogP contribution in [0.25, 0.3) is 18.2 Å². The summed E-state index contributed by atoms with van der Waals surface area (Å²) in [5.41, 5.74) is 3.54. The molecule has 0 N–H and O–H groups in total. The van der Waals surface area contributed by atoms with Crippen molar-refractivity contribution in [2.45, 2.75) is 6.92 Å². The third kappa shape index (κ3) is 5.22. The van der Waals surface area contributed by atoms with Crippen molar-refractivity contribution in [1.29, 1.82) is 0 Å². The standard InChI is InChI=1S/C10H10.C9H10/c1-3-9-7-5-6-8-10(9)4-2;1-2-6-9-7-4-3-5-8-9/h3-8H,1-2H2;2-8H,1H3. The fourth-order valence-corrected chi connectivity index (χ4v) is 1.64. The van der Waals surface area contributed by atoms with E-state index in [-0.39, 0.29) is 0 Å². The average molecular weight is 248 g/mol. The van der Waals surface area contributed by atoms with Gasteiger partial charge in [0, 0.05) is 0 Å². The molecule has 0 atom stereocenters. The molecule has 0 saturated carbocycles. The van der Waals surface area contributed by atoms with Crippen LogP contribution < -0.4 is 0 Å². The Morgan fingerprint density at radius 1 is 0.737 bits per heavy atom. The first-order chi connectivity index (χ1) is 9.31. The Hall–Kier alpha value is -2.34. The van der Waals surface area contributed by atoms with Crippen LogP contribution in [0.5, 0.6) is 0 Å². The van der Waals surface area contributed by atoms with E-state index in [0.717, 1.165) is 11.1 Å². The molecule has 2 rings (SSSR count). The Bertz CT molecular complexity index is 506. The third-order valence-electron chi connectivity index (χ3n) is 2.59. The van der Waals surface area contributed by atoms with E-state index >= 15 is 0 Å². The topological polar surface area (TPSA) is 0 Å². The van der Waals surface area contributed by atoms with E-state index < -0.39 is 0 Å². The van der Waals surface area contributed by atoms with Crippen LogP contribution in [0.15, 0.2) is 73.8 Å². The lowest BCUT2D eigenvalue weighted by Crippen LogP contribution is -1.76. The van der Waals surface area contributed by atoms with Gasteiger partial charge in [0.1, 0.15) is 0 Å². The normalized spacial score (nSPS) is 9.53. The van der Waals surface area contributed by atoms with Gasteiger partial charge in [0.25, 0.3) is 0 Å². The first-order valence-electron chi connectivity index (χ1n) is 6.33. The van der Waals surface area contributed by atoms with Crippen LogP contribution in [0.2, 0.25) is 0 Å². The second-order valence-corrected chi connectivity index (χ2v) is 3.95. The molecule has 96 valence electrons. The van der Waals surface area contributed by atoms with Crippen molar-refractivity contribution in [2.75, 3.05) is 0 Å². The Balaban J connectivity index is 0.000000191. The molecule has 0 aromatic heterocycles. The quantitative estimate of drug-likeness (QED) is 0.654. The molecule has 0 nitrogen and oxygen atoms in total. The number of rotatable bonds is 3. The van der Waals surface area contributed by atoms with Crippen molar-refractivity contribution >= 4 is 18.2 Å². The van der Waals surface area contributed by atoms with E-state index in [2.05, 4.69) is 31.4 Å². The van der Waals surface area contributed by atoms with E-state index in [1.807, 2.05) is 67.6 Å². The highest BCUT2D eigenvalue weighted by Gasteiger charge is 1.89. The summed E-state index contributed by atoms with van der Waals surface area (Å²) in [5, 5.41) is 0. The van der Waals surface area contributed by atoms with Gasteiger partial charge in [-0.25, -0.2) is 0 Å². The highest BCUT2D eigenvalue weighted by molar-refractivity contribution is 5.63. The van der Waals surface area contributed by atoms with Gasteiger partial charge in [-0.1, -0.05) is 92.1 Å². The largest absolute Gasteiger partial charge is 0.0984 e. The average Bonchev–Trinajstić information content (AvgIpc) is 2.49. The minimum absolute atomic E-state index is 1.14. The van der Waals surface area contributed by atoms with E-state index in [4.69, 9.17) is 0 Å². The molecule has 0 fully saturated rings. The van der Waals surface area contributed by atoms with Gasteiger partial charge in [-0.3, -0.25) is 0 Å². The molecule has 0 unspecified atom stereocenters. The lowest BCUT2D eigenvalue weighted by molar-refractivity contribution is 1.62. The predicted molar refractivity (Wildman–Crippen MR) is 87.8 cm³/mol. The van der Waals surface area contributed by atoms with Gasteiger partial charge < -0.3 is 0 Å². The summed E-state index contributed by atoms with van der Waals surface area (Å²) < 4.78 is 0. The molecular formula is C19H20. The molecule has 0 amide bonds. The highest BCUT2D eigenvalue weighted by Crippen LogP contribution is 2.10. The summed E-state index contributed by atoms with van der Waals surface area (Å²) in [6.07, 6.45) is 7.78. The van der Waals surface area contributed by atoms with Crippen molar-refractivity contribution < 1.29 is 0 Å². The van der Waals surface area contributed by atoms with Gasteiger partial charge in [-0.05, 0) is 23.6 Å². The van der Waals surface area contributed by atoms with Crippen molar-refractivity contribution in [3.63, 3.8) is 0 Å². The maximum absolute atomic E-state index is 3.69. The zero-order valence-corrected chi connectivity index (χ0v) is 11.4. The van der Waals surface area contributed by atoms with Crippen LogP contribution in [0.3, 0.4) is 0 Å². The maximum Gasteiger partial charge on any atom is -0.0190 e. The molecule has 0 radical (unpaired) electrons. The summed E-state index contributed by atoms with van der Waals surface area (Å²) in [6, 6.07) is 18.3.